The normalized spacial score (nSPS) is 15.0. The molecule has 0 heterocycles. The van der Waals surface area contributed by atoms with E-state index in [9.17, 15) is 24.3 Å². The highest BCUT2D eigenvalue weighted by atomic mass is 16.6. The van der Waals surface area contributed by atoms with Gasteiger partial charge in [0.25, 0.3) is 5.72 Å². The van der Waals surface area contributed by atoms with Crippen LogP contribution in [-0.4, -0.2) is 40.8 Å². The van der Waals surface area contributed by atoms with Crippen molar-refractivity contribution in [3.05, 3.63) is 23.8 Å². The number of nitrogens with one attached hydrogen (secondary N) is 1. The number of hydrogen-bond acceptors (Lipinski definition) is 8. The van der Waals surface area contributed by atoms with E-state index in [1.165, 1.54) is 12.1 Å². The summed E-state index contributed by atoms with van der Waals surface area (Å²) in [5, 5.41) is 13.2. The summed E-state index contributed by atoms with van der Waals surface area (Å²) in [4.78, 5) is 50.2. The van der Waals surface area contributed by atoms with E-state index in [-0.39, 0.29) is 36.3 Å². The standard InChI is InChI=1S/C29H45NO8/c1-8-12-13-14-25(31)38-29(28(34)35,30-21(7)11-4)18-22-15-16-23(36-26(32)19(5)9-2)24(17-22)37-27(33)20(6)10-3/h15-17,19-21,30H,8-14,18H2,1-7H3,(H,34,35)/t19?,20?,21?,29-/m0/s1. The number of rotatable bonds is 17. The van der Waals surface area contributed by atoms with Crippen molar-refractivity contribution in [2.24, 2.45) is 11.8 Å². The fraction of sp³-hybridized carbons (Fsp3) is 0.655. The maximum atomic E-state index is 12.6. The van der Waals surface area contributed by atoms with Crippen molar-refractivity contribution < 1.29 is 38.5 Å². The van der Waals surface area contributed by atoms with Gasteiger partial charge in [0, 0.05) is 18.9 Å². The van der Waals surface area contributed by atoms with Crippen LogP contribution < -0.4 is 14.8 Å². The molecule has 1 aromatic rings. The lowest BCUT2D eigenvalue weighted by Gasteiger charge is -2.33. The molecule has 38 heavy (non-hydrogen) atoms. The van der Waals surface area contributed by atoms with E-state index in [0.717, 1.165) is 12.8 Å². The molecule has 0 fully saturated rings. The first-order valence-electron chi connectivity index (χ1n) is 13.7. The van der Waals surface area contributed by atoms with Crippen molar-refractivity contribution in [1.29, 1.82) is 0 Å². The van der Waals surface area contributed by atoms with E-state index >= 15 is 0 Å². The van der Waals surface area contributed by atoms with E-state index in [2.05, 4.69) is 5.32 Å². The number of aliphatic carboxylic acids is 1. The molecule has 0 saturated carbocycles. The maximum absolute atomic E-state index is 12.6. The lowest BCUT2D eigenvalue weighted by Crippen LogP contribution is -2.59. The average Bonchev–Trinajstić information content (AvgIpc) is 2.88. The maximum Gasteiger partial charge on any atom is 0.364 e. The van der Waals surface area contributed by atoms with Gasteiger partial charge in [-0.1, -0.05) is 60.5 Å². The summed E-state index contributed by atoms with van der Waals surface area (Å²) in [5.74, 6) is -3.63. The minimum absolute atomic E-state index is 0.00144. The van der Waals surface area contributed by atoms with Crippen LogP contribution in [0.25, 0.3) is 0 Å². The van der Waals surface area contributed by atoms with Crippen molar-refractivity contribution >= 4 is 23.9 Å². The lowest BCUT2D eigenvalue weighted by atomic mass is 10.00. The van der Waals surface area contributed by atoms with Crippen molar-refractivity contribution in [3.8, 4) is 11.5 Å². The molecule has 0 bridgehead atoms. The second kappa shape index (κ2) is 16.1. The van der Waals surface area contributed by atoms with Gasteiger partial charge in [-0.05, 0) is 50.3 Å². The molecule has 1 aromatic carbocycles. The van der Waals surface area contributed by atoms with Gasteiger partial charge in [-0.25, -0.2) is 4.79 Å². The Balaban J connectivity index is 3.45. The number of ether oxygens (including phenoxy) is 3. The number of carboxylic acid groups (broad SMARTS) is 1. The van der Waals surface area contributed by atoms with Crippen LogP contribution in [0.4, 0.5) is 0 Å². The second-order valence-corrected chi connectivity index (χ2v) is 9.94. The van der Waals surface area contributed by atoms with Gasteiger partial charge < -0.3 is 19.3 Å². The largest absolute Gasteiger partial charge is 0.477 e. The molecule has 0 amide bonds. The quantitative estimate of drug-likeness (QED) is 0.116. The third-order valence-electron chi connectivity index (χ3n) is 6.62. The molecular weight excluding hydrogens is 490 g/mol. The van der Waals surface area contributed by atoms with Crippen LogP contribution in [-0.2, 0) is 30.3 Å². The van der Waals surface area contributed by atoms with Crippen LogP contribution in [0.2, 0.25) is 0 Å². The smallest absolute Gasteiger partial charge is 0.364 e. The fourth-order valence-corrected chi connectivity index (χ4v) is 3.43. The minimum atomic E-state index is -2.04. The van der Waals surface area contributed by atoms with Crippen LogP contribution in [0.1, 0.15) is 99.0 Å². The molecule has 0 radical (unpaired) electrons. The van der Waals surface area contributed by atoms with Crippen LogP contribution >= 0.6 is 0 Å². The number of carbonyl (C=O) groups is 4. The zero-order valence-electron chi connectivity index (χ0n) is 23.9. The third kappa shape index (κ3) is 10.1. The van der Waals surface area contributed by atoms with Gasteiger partial charge in [-0.15, -0.1) is 0 Å². The van der Waals surface area contributed by atoms with Gasteiger partial charge >= 0.3 is 23.9 Å². The Kier molecular flexibility index (Phi) is 14.0. The zero-order chi connectivity index (χ0) is 28.9. The molecule has 9 nitrogen and oxygen atoms in total. The molecule has 0 aliphatic carbocycles. The summed E-state index contributed by atoms with van der Waals surface area (Å²) in [5.41, 5.74) is -1.62. The Hall–Kier alpha value is -2.94. The number of unbranched alkanes of at least 4 members (excludes halogenated alkanes) is 2. The van der Waals surface area contributed by atoms with E-state index < -0.39 is 35.5 Å². The lowest BCUT2D eigenvalue weighted by molar-refractivity contribution is -0.184. The molecular formula is C29H45NO8. The highest BCUT2D eigenvalue weighted by Crippen LogP contribution is 2.32. The molecule has 0 aliphatic heterocycles. The molecule has 0 aromatic heterocycles. The number of carboxylic acids is 1. The van der Waals surface area contributed by atoms with E-state index in [4.69, 9.17) is 14.2 Å². The molecule has 0 aliphatic rings. The van der Waals surface area contributed by atoms with Gasteiger partial charge in [-0.2, -0.15) is 0 Å². The second-order valence-electron chi connectivity index (χ2n) is 9.94. The summed E-state index contributed by atoms with van der Waals surface area (Å²) in [7, 11) is 0. The van der Waals surface area contributed by atoms with Crippen LogP contribution in [0, 0.1) is 11.8 Å². The van der Waals surface area contributed by atoms with Gasteiger partial charge in [0.05, 0.1) is 11.8 Å². The summed E-state index contributed by atoms with van der Waals surface area (Å²) in [6.45, 7) is 12.9. The van der Waals surface area contributed by atoms with Gasteiger partial charge in [-0.3, -0.25) is 19.7 Å². The number of esters is 3. The highest BCUT2D eigenvalue weighted by molar-refractivity contribution is 5.82. The summed E-state index contributed by atoms with van der Waals surface area (Å²) in [6.07, 6.45) is 3.93. The van der Waals surface area contributed by atoms with Gasteiger partial charge in [0.2, 0.25) is 0 Å². The van der Waals surface area contributed by atoms with Crippen LogP contribution in [0.5, 0.6) is 11.5 Å². The van der Waals surface area contributed by atoms with Crippen molar-refractivity contribution in [3.63, 3.8) is 0 Å². The molecule has 3 unspecified atom stereocenters. The predicted molar refractivity (Wildman–Crippen MR) is 144 cm³/mol. The predicted octanol–water partition coefficient (Wildman–Crippen LogP) is 5.42. The first-order chi connectivity index (χ1) is 17.9. The van der Waals surface area contributed by atoms with E-state index in [0.29, 0.717) is 31.2 Å². The van der Waals surface area contributed by atoms with Gasteiger partial charge in [0.15, 0.2) is 11.5 Å². The van der Waals surface area contributed by atoms with Crippen molar-refractivity contribution in [1.82, 2.24) is 5.32 Å². The molecule has 4 atom stereocenters. The summed E-state index contributed by atoms with van der Waals surface area (Å²) >= 11 is 0. The number of benzene rings is 1. The SMILES string of the molecule is CCCCCC(=O)O[C@](Cc1ccc(OC(=O)C(C)CC)c(OC(=O)C(C)CC)c1)(NC(C)CC)C(=O)O. The topological polar surface area (TPSA) is 128 Å². The Morgan fingerprint density at radius 3 is 1.95 bits per heavy atom. The first kappa shape index (κ1) is 33.1. The highest BCUT2D eigenvalue weighted by Gasteiger charge is 2.44. The Labute approximate surface area is 226 Å². The monoisotopic (exact) mass is 535 g/mol. The fourth-order valence-electron chi connectivity index (χ4n) is 3.43. The number of carbonyl (C=O) groups excluding carboxylic acids is 3. The minimum Gasteiger partial charge on any atom is -0.477 e. The molecule has 0 spiro atoms. The molecule has 1 rings (SSSR count). The molecule has 214 valence electrons. The Morgan fingerprint density at radius 2 is 1.45 bits per heavy atom. The van der Waals surface area contributed by atoms with E-state index in [1.54, 1.807) is 26.8 Å². The van der Waals surface area contributed by atoms with Gasteiger partial charge in [0.1, 0.15) is 0 Å². The summed E-state index contributed by atoms with van der Waals surface area (Å²) in [6, 6.07) is 4.22. The third-order valence-corrected chi connectivity index (χ3v) is 6.62. The Bertz CT molecular complexity index is 947. The first-order valence-corrected chi connectivity index (χ1v) is 13.7. The van der Waals surface area contributed by atoms with Crippen molar-refractivity contribution in [2.45, 2.75) is 112 Å². The average molecular weight is 536 g/mol. The molecule has 9 heteroatoms. The molecule has 2 N–H and O–H groups in total. The number of hydrogen-bond donors (Lipinski definition) is 2. The summed E-state index contributed by atoms with van der Waals surface area (Å²) < 4.78 is 16.7. The van der Waals surface area contributed by atoms with Crippen LogP contribution in [0.15, 0.2) is 18.2 Å². The van der Waals surface area contributed by atoms with Crippen LogP contribution in [0.3, 0.4) is 0 Å². The van der Waals surface area contributed by atoms with Crippen molar-refractivity contribution in [2.75, 3.05) is 0 Å². The molecule has 0 saturated heterocycles. The van der Waals surface area contributed by atoms with E-state index in [1.807, 2.05) is 27.7 Å². The Morgan fingerprint density at radius 1 is 0.868 bits per heavy atom. The zero-order valence-corrected chi connectivity index (χ0v) is 23.9.